The molecule has 1 saturated carbocycles. The van der Waals surface area contributed by atoms with E-state index in [0.29, 0.717) is 5.92 Å². The number of hydrogen-bond acceptors (Lipinski definition) is 2. The molecule has 0 saturated heterocycles. The number of anilines is 1. The van der Waals surface area contributed by atoms with Crippen LogP contribution in [0.15, 0.2) is 29.2 Å². The van der Waals surface area contributed by atoms with E-state index in [9.17, 15) is 4.79 Å². The first-order valence-corrected chi connectivity index (χ1v) is 6.38. The van der Waals surface area contributed by atoms with Crippen molar-refractivity contribution < 1.29 is 4.79 Å². The Morgan fingerprint density at radius 1 is 1.47 bits per heavy atom. The van der Waals surface area contributed by atoms with Crippen LogP contribution in [0.4, 0.5) is 5.69 Å². The first kappa shape index (κ1) is 10.6. The van der Waals surface area contributed by atoms with E-state index in [2.05, 4.69) is 12.2 Å². The fourth-order valence-corrected chi connectivity index (χ4v) is 2.21. The lowest BCUT2D eigenvalue weighted by Gasteiger charge is -2.08. The monoisotopic (exact) mass is 221 g/mol. The summed E-state index contributed by atoms with van der Waals surface area (Å²) in [5.41, 5.74) is 0.939. The maximum absolute atomic E-state index is 11.7. The van der Waals surface area contributed by atoms with E-state index in [1.54, 1.807) is 11.8 Å². The van der Waals surface area contributed by atoms with E-state index < -0.39 is 0 Å². The second-order valence-corrected chi connectivity index (χ2v) is 4.86. The van der Waals surface area contributed by atoms with Crippen LogP contribution in [0, 0.1) is 11.8 Å². The summed E-state index contributed by atoms with van der Waals surface area (Å²) in [4.78, 5) is 12.9. The van der Waals surface area contributed by atoms with E-state index in [4.69, 9.17) is 0 Å². The molecule has 1 aliphatic rings. The van der Waals surface area contributed by atoms with Gasteiger partial charge in [0.05, 0.1) is 5.69 Å². The summed E-state index contributed by atoms with van der Waals surface area (Å²) in [6, 6.07) is 7.92. The molecule has 2 atom stereocenters. The van der Waals surface area contributed by atoms with Crippen LogP contribution in [0.1, 0.15) is 13.3 Å². The summed E-state index contributed by atoms with van der Waals surface area (Å²) >= 11 is 1.66. The van der Waals surface area contributed by atoms with Crippen LogP contribution in [-0.2, 0) is 4.79 Å². The van der Waals surface area contributed by atoms with Gasteiger partial charge < -0.3 is 5.32 Å². The fraction of sp³-hybridized carbons (Fsp3) is 0.417. The summed E-state index contributed by atoms with van der Waals surface area (Å²) in [6.45, 7) is 2.12. The SMILES string of the molecule is CSc1ccccc1NC(=O)[C@@H]1C[C@@H]1C. The number of carbonyl (C=O) groups is 1. The summed E-state index contributed by atoms with van der Waals surface area (Å²) in [7, 11) is 0. The van der Waals surface area contributed by atoms with Gasteiger partial charge in [-0.15, -0.1) is 11.8 Å². The van der Waals surface area contributed by atoms with E-state index in [1.807, 2.05) is 30.5 Å². The second-order valence-electron chi connectivity index (χ2n) is 4.01. The Labute approximate surface area is 94.4 Å². The molecule has 0 aliphatic heterocycles. The lowest BCUT2D eigenvalue weighted by Crippen LogP contribution is -2.14. The molecule has 1 aromatic rings. The summed E-state index contributed by atoms with van der Waals surface area (Å²) < 4.78 is 0. The highest BCUT2D eigenvalue weighted by Crippen LogP contribution is 2.39. The van der Waals surface area contributed by atoms with Gasteiger partial charge in [-0.3, -0.25) is 4.79 Å². The zero-order valence-electron chi connectivity index (χ0n) is 8.99. The van der Waals surface area contributed by atoms with Gasteiger partial charge >= 0.3 is 0 Å². The number of amides is 1. The molecule has 0 aromatic heterocycles. The minimum Gasteiger partial charge on any atom is -0.325 e. The number of para-hydroxylation sites is 1. The van der Waals surface area contributed by atoms with Crippen molar-refractivity contribution in [3.8, 4) is 0 Å². The molecule has 0 heterocycles. The molecular weight excluding hydrogens is 206 g/mol. The molecular formula is C12H15NOS. The Hall–Kier alpha value is -0.960. The van der Waals surface area contributed by atoms with Crippen molar-refractivity contribution in [3.63, 3.8) is 0 Å². The molecule has 2 rings (SSSR count). The molecule has 1 aliphatic carbocycles. The summed E-state index contributed by atoms with van der Waals surface area (Å²) in [5, 5.41) is 2.99. The molecule has 0 unspecified atom stereocenters. The Bertz CT molecular complexity index is 378. The van der Waals surface area contributed by atoms with E-state index in [0.717, 1.165) is 17.0 Å². The topological polar surface area (TPSA) is 29.1 Å². The number of benzene rings is 1. The highest BCUT2D eigenvalue weighted by atomic mass is 32.2. The van der Waals surface area contributed by atoms with Gasteiger partial charge in [-0.25, -0.2) is 0 Å². The van der Waals surface area contributed by atoms with Crippen molar-refractivity contribution in [2.75, 3.05) is 11.6 Å². The van der Waals surface area contributed by atoms with Gasteiger partial charge in [0.1, 0.15) is 0 Å². The second kappa shape index (κ2) is 4.27. The number of rotatable bonds is 3. The van der Waals surface area contributed by atoms with Gasteiger partial charge in [0, 0.05) is 10.8 Å². The first-order chi connectivity index (χ1) is 7.22. The third-order valence-electron chi connectivity index (χ3n) is 2.81. The number of carbonyl (C=O) groups excluding carboxylic acids is 1. The van der Waals surface area contributed by atoms with Crippen LogP contribution in [0.2, 0.25) is 0 Å². The van der Waals surface area contributed by atoms with Crippen LogP contribution in [0.3, 0.4) is 0 Å². The lowest BCUT2D eigenvalue weighted by atomic mass is 10.3. The Kier molecular flexibility index (Phi) is 3.00. The Balaban J connectivity index is 2.06. The minimum absolute atomic E-state index is 0.170. The molecule has 0 radical (unpaired) electrons. The van der Waals surface area contributed by atoms with Crippen LogP contribution in [0.25, 0.3) is 0 Å². The maximum atomic E-state index is 11.7. The molecule has 1 fully saturated rings. The maximum Gasteiger partial charge on any atom is 0.227 e. The molecule has 1 N–H and O–H groups in total. The standard InChI is InChI=1S/C12H15NOS/c1-8-7-9(8)12(14)13-10-5-3-4-6-11(10)15-2/h3-6,8-9H,7H2,1-2H3,(H,13,14)/t8-,9+/m0/s1. The van der Waals surface area contributed by atoms with Gasteiger partial charge in [-0.2, -0.15) is 0 Å². The molecule has 3 heteroatoms. The highest BCUT2D eigenvalue weighted by molar-refractivity contribution is 7.98. The smallest absolute Gasteiger partial charge is 0.227 e. The lowest BCUT2D eigenvalue weighted by molar-refractivity contribution is -0.117. The van der Waals surface area contributed by atoms with Crippen LogP contribution in [-0.4, -0.2) is 12.2 Å². The average molecular weight is 221 g/mol. The molecule has 0 bridgehead atoms. The molecule has 1 aromatic carbocycles. The third kappa shape index (κ3) is 2.34. The quantitative estimate of drug-likeness (QED) is 0.795. The van der Waals surface area contributed by atoms with Crippen molar-refractivity contribution in [1.29, 1.82) is 0 Å². The van der Waals surface area contributed by atoms with Crippen LogP contribution < -0.4 is 5.32 Å². The molecule has 2 nitrogen and oxygen atoms in total. The van der Waals surface area contributed by atoms with Crippen molar-refractivity contribution in [3.05, 3.63) is 24.3 Å². The average Bonchev–Trinajstić information content (AvgIpc) is 2.96. The molecule has 0 spiro atoms. The van der Waals surface area contributed by atoms with Crippen molar-refractivity contribution in [1.82, 2.24) is 0 Å². The molecule has 15 heavy (non-hydrogen) atoms. The zero-order valence-corrected chi connectivity index (χ0v) is 9.80. The minimum atomic E-state index is 0.170. The van der Waals surface area contributed by atoms with Gasteiger partial charge in [0.25, 0.3) is 0 Å². The molecule has 80 valence electrons. The van der Waals surface area contributed by atoms with E-state index >= 15 is 0 Å². The predicted molar refractivity (Wildman–Crippen MR) is 64.1 cm³/mol. The summed E-state index contributed by atoms with van der Waals surface area (Å²) in [5.74, 6) is 0.968. The van der Waals surface area contributed by atoms with Crippen molar-refractivity contribution >= 4 is 23.4 Å². The number of thioether (sulfide) groups is 1. The Morgan fingerprint density at radius 2 is 2.13 bits per heavy atom. The van der Waals surface area contributed by atoms with Crippen LogP contribution >= 0.6 is 11.8 Å². The fourth-order valence-electron chi connectivity index (χ4n) is 1.66. The van der Waals surface area contributed by atoms with E-state index in [1.165, 1.54) is 0 Å². The van der Waals surface area contributed by atoms with Gasteiger partial charge in [0.2, 0.25) is 5.91 Å². The largest absolute Gasteiger partial charge is 0.325 e. The van der Waals surface area contributed by atoms with Crippen molar-refractivity contribution in [2.45, 2.75) is 18.2 Å². The van der Waals surface area contributed by atoms with Gasteiger partial charge in [0.15, 0.2) is 0 Å². The zero-order chi connectivity index (χ0) is 10.8. The first-order valence-electron chi connectivity index (χ1n) is 5.16. The van der Waals surface area contributed by atoms with Crippen molar-refractivity contribution in [2.24, 2.45) is 11.8 Å². The highest BCUT2D eigenvalue weighted by Gasteiger charge is 2.39. The van der Waals surface area contributed by atoms with Gasteiger partial charge in [-0.1, -0.05) is 19.1 Å². The van der Waals surface area contributed by atoms with E-state index in [-0.39, 0.29) is 11.8 Å². The normalized spacial score (nSPS) is 23.6. The predicted octanol–water partition coefficient (Wildman–Crippen LogP) is 3.00. The molecule has 1 amide bonds. The number of hydrogen-bond donors (Lipinski definition) is 1. The summed E-state index contributed by atoms with van der Waals surface area (Å²) in [6.07, 6.45) is 3.05. The third-order valence-corrected chi connectivity index (χ3v) is 3.61. The number of nitrogens with one attached hydrogen (secondary N) is 1. The van der Waals surface area contributed by atoms with Gasteiger partial charge in [-0.05, 0) is 30.7 Å². The van der Waals surface area contributed by atoms with Crippen LogP contribution in [0.5, 0.6) is 0 Å². The Morgan fingerprint density at radius 3 is 2.73 bits per heavy atom.